The summed E-state index contributed by atoms with van der Waals surface area (Å²) in [5.41, 5.74) is 8.08. The van der Waals surface area contributed by atoms with E-state index in [1.807, 2.05) is 30.5 Å². The molecule has 0 fully saturated rings. The summed E-state index contributed by atoms with van der Waals surface area (Å²) in [6.45, 7) is 0.599. The maximum absolute atomic E-state index is 13.3. The van der Waals surface area contributed by atoms with Crippen molar-refractivity contribution in [1.29, 1.82) is 0 Å². The molecule has 2 aromatic carbocycles. The van der Waals surface area contributed by atoms with Crippen LogP contribution in [0.15, 0.2) is 53.1 Å². The van der Waals surface area contributed by atoms with Gasteiger partial charge in [0.2, 0.25) is 0 Å². The molecular formula is C15H12BrFN2. The Bertz CT molecular complexity index is 729. The zero-order valence-corrected chi connectivity index (χ0v) is 11.7. The summed E-state index contributed by atoms with van der Waals surface area (Å²) in [6, 6.07) is 12.7. The number of fused-ring (bicyclic) bond motifs is 1. The van der Waals surface area contributed by atoms with Crippen LogP contribution in [-0.2, 0) is 6.54 Å². The second kappa shape index (κ2) is 4.70. The van der Waals surface area contributed by atoms with E-state index in [0.717, 1.165) is 20.9 Å². The van der Waals surface area contributed by atoms with E-state index in [0.29, 0.717) is 12.2 Å². The Kier molecular flexibility index (Phi) is 3.03. The largest absolute Gasteiger partial charge is 0.399 e. The van der Waals surface area contributed by atoms with Crippen LogP contribution in [0, 0.1) is 5.82 Å². The van der Waals surface area contributed by atoms with E-state index in [1.165, 1.54) is 12.1 Å². The number of hydrogen-bond donors (Lipinski definition) is 1. The highest BCUT2D eigenvalue weighted by Crippen LogP contribution is 2.25. The summed E-state index contributed by atoms with van der Waals surface area (Å²) in [6.07, 6.45) is 2.00. The highest BCUT2D eigenvalue weighted by atomic mass is 79.9. The molecular weight excluding hydrogens is 307 g/mol. The van der Waals surface area contributed by atoms with Gasteiger partial charge in [-0.2, -0.15) is 0 Å². The molecule has 19 heavy (non-hydrogen) atoms. The highest BCUT2D eigenvalue weighted by Gasteiger charge is 2.05. The second-order valence-corrected chi connectivity index (χ2v) is 5.36. The molecule has 0 bridgehead atoms. The molecule has 0 unspecified atom stereocenters. The molecule has 0 aliphatic heterocycles. The number of aromatic nitrogens is 1. The van der Waals surface area contributed by atoms with E-state index in [-0.39, 0.29) is 5.82 Å². The van der Waals surface area contributed by atoms with Crippen molar-refractivity contribution in [2.24, 2.45) is 0 Å². The normalized spacial score (nSPS) is 11.1. The van der Waals surface area contributed by atoms with Gasteiger partial charge in [0.25, 0.3) is 0 Å². The van der Waals surface area contributed by atoms with Crippen LogP contribution >= 0.6 is 15.9 Å². The third-order valence-corrected chi connectivity index (χ3v) is 3.78. The predicted molar refractivity (Wildman–Crippen MR) is 79.6 cm³/mol. The lowest BCUT2D eigenvalue weighted by Gasteiger charge is -2.07. The fourth-order valence-corrected chi connectivity index (χ4v) is 2.78. The third kappa shape index (κ3) is 2.36. The summed E-state index contributed by atoms with van der Waals surface area (Å²) in [5.74, 6) is -0.298. The van der Waals surface area contributed by atoms with Gasteiger partial charge in [-0.15, -0.1) is 0 Å². The molecule has 0 saturated heterocycles. The van der Waals surface area contributed by atoms with Crippen LogP contribution in [0.2, 0.25) is 0 Å². The van der Waals surface area contributed by atoms with Crippen molar-refractivity contribution in [3.8, 4) is 0 Å². The molecule has 0 aliphatic rings. The van der Waals surface area contributed by atoms with Crippen LogP contribution in [0.3, 0.4) is 0 Å². The fraction of sp³-hybridized carbons (Fsp3) is 0.0667. The van der Waals surface area contributed by atoms with E-state index < -0.39 is 0 Å². The smallest absolute Gasteiger partial charge is 0.125 e. The Labute approximate surface area is 118 Å². The van der Waals surface area contributed by atoms with E-state index >= 15 is 0 Å². The van der Waals surface area contributed by atoms with Crippen molar-refractivity contribution >= 4 is 32.5 Å². The molecule has 2 N–H and O–H groups in total. The fourth-order valence-electron chi connectivity index (χ4n) is 2.29. The van der Waals surface area contributed by atoms with Crippen LogP contribution < -0.4 is 5.73 Å². The molecule has 1 heterocycles. The zero-order valence-electron chi connectivity index (χ0n) is 10.1. The lowest BCUT2D eigenvalue weighted by Crippen LogP contribution is -1.99. The Morgan fingerprint density at radius 3 is 2.79 bits per heavy atom. The van der Waals surface area contributed by atoms with E-state index in [2.05, 4.69) is 20.5 Å². The monoisotopic (exact) mass is 318 g/mol. The van der Waals surface area contributed by atoms with Gasteiger partial charge in [-0.3, -0.25) is 0 Å². The standard InChI is InChI=1S/C15H12BrFN2/c16-14-2-1-3-15-13(14)4-5-19(15)9-10-6-11(17)8-12(18)7-10/h1-8H,9,18H2. The molecule has 0 spiro atoms. The van der Waals surface area contributed by atoms with Crippen LogP contribution in [0.25, 0.3) is 10.9 Å². The van der Waals surface area contributed by atoms with Crippen molar-refractivity contribution in [2.45, 2.75) is 6.54 Å². The number of hydrogen-bond acceptors (Lipinski definition) is 1. The second-order valence-electron chi connectivity index (χ2n) is 4.51. The molecule has 0 aliphatic carbocycles. The predicted octanol–water partition coefficient (Wildman–Crippen LogP) is 4.17. The first-order chi connectivity index (χ1) is 9.13. The molecule has 96 valence electrons. The van der Waals surface area contributed by atoms with Crippen molar-refractivity contribution < 1.29 is 4.39 Å². The zero-order chi connectivity index (χ0) is 13.4. The average Bonchev–Trinajstić information content (AvgIpc) is 2.73. The first kappa shape index (κ1) is 12.2. The number of anilines is 1. The van der Waals surface area contributed by atoms with Gasteiger partial charge in [-0.05, 0) is 42.0 Å². The molecule has 3 aromatic rings. The minimum atomic E-state index is -0.298. The summed E-state index contributed by atoms with van der Waals surface area (Å²) in [5, 5.41) is 1.15. The first-order valence-corrected chi connectivity index (χ1v) is 6.71. The van der Waals surface area contributed by atoms with E-state index in [9.17, 15) is 4.39 Å². The van der Waals surface area contributed by atoms with Crippen molar-refractivity contribution in [3.63, 3.8) is 0 Å². The van der Waals surface area contributed by atoms with Crippen molar-refractivity contribution in [3.05, 3.63) is 64.5 Å². The van der Waals surface area contributed by atoms with Crippen LogP contribution in [0.5, 0.6) is 0 Å². The molecule has 2 nitrogen and oxygen atoms in total. The third-order valence-electron chi connectivity index (χ3n) is 3.09. The number of rotatable bonds is 2. The molecule has 0 atom stereocenters. The quantitative estimate of drug-likeness (QED) is 0.706. The number of nitrogens with two attached hydrogens (primary N) is 1. The highest BCUT2D eigenvalue weighted by molar-refractivity contribution is 9.10. The molecule has 0 radical (unpaired) electrons. The first-order valence-electron chi connectivity index (χ1n) is 5.92. The maximum Gasteiger partial charge on any atom is 0.125 e. The molecule has 1 aromatic heterocycles. The minimum absolute atomic E-state index is 0.298. The Morgan fingerprint density at radius 1 is 1.16 bits per heavy atom. The van der Waals surface area contributed by atoms with Gasteiger partial charge in [-0.25, -0.2) is 4.39 Å². The van der Waals surface area contributed by atoms with E-state index in [1.54, 1.807) is 6.07 Å². The van der Waals surface area contributed by atoms with Crippen molar-refractivity contribution in [1.82, 2.24) is 4.57 Å². The summed E-state index contributed by atoms with van der Waals surface area (Å²) >= 11 is 3.53. The lowest BCUT2D eigenvalue weighted by molar-refractivity contribution is 0.625. The van der Waals surface area contributed by atoms with Gasteiger partial charge in [-0.1, -0.05) is 22.0 Å². The maximum atomic E-state index is 13.3. The van der Waals surface area contributed by atoms with Gasteiger partial charge in [0.05, 0.1) is 0 Å². The van der Waals surface area contributed by atoms with Gasteiger partial charge >= 0.3 is 0 Å². The molecule has 3 rings (SSSR count). The van der Waals surface area contributed by atoms with Gasteiger partial charge in [0, 0.05) is 33.8 Å². The summed E-state index contributed by atoms with van der Waals surface area (Å²) in [4.78, 5) is 0. The number of benzene rings is 2. The van der Waals surface area contributed by atoms with Crippen LogP contribution in [0.4, 0.5) is 10.1 Å². The SMILES string of the molecule is Nc1cc(F)cc(Cn2ccc3c(Br)cccc32)c1. The summed E-state index contributed by atoms with van der Waals surface area (Å²) in [7, 11) is 0. The van der Waals surface area contributed by atoms with Crippen LogP contribution in [-0.4, -0.2) is 4.57 Å². The molecule has 0 saturated carbocycles. The molecule has 0 amide bonds. The van der Waals surface area contributed by atoms with Crippen LogP contribution in [0.1, 0.15) is 5.56 Å². The van der Waals surface area contributed by atoms with Gasteiger partial charge in [0.1, 0.15) is 5.82 Å². The Balaban J connectivity index is 2.04. The molecule has 4 heteroatoms. The van der Waals surface area contributed by atoms with E-state index in [4.69, 9.17) is 5.73 Å². The van der Waals surface area contributed by atoms with Gasteiger partial charge < -0.3 is 10.3 Å². The van der Waals surface area contributed by atoms with Gasteiger partial charge in [0.15, 0.2) is 0 Å². The lowest BCUT2D eigenvalue weighted by atomic mass is 10.2. The topological polar surface area (TPSA) is 30.9 Å². The summed E-state index contributed by atoms with van der Waals surface area (Å²) < 4.78 is 16.5. The minimum Gasteiger partial charge on any atom is -0.399 e. The number of halogens is 2. The number of nitrogens with zero attached hydrogens (tertiary/aromatic N) is 1. The Hall–Kier alpha value is -1.81. The average molecular weight is 319 g/mol. The number of nitrogen functional groups attached to an aromatic ring is 1. The Morgan fingerprint density at radius 2 is 2.00 bits per heavy atom. The van der Waals surface area contributed by atoms with Crippen molar-refractivity contribution in [2.75, 3.05) is 5.73 Å².